The monoisotopic (exact) mass is 293 g/mol. The molecule has 0 aliphatic carbocycles. The number of methoxy groups -OCH3 is 2. The Morgan fingerprint density at radius 2 is 2.05 bits per heavy atom. The van der Waals surface area contributed by atoms with Crippen molar-refractivity contribution in [1.82, 2.24) is 5.32 Å². The van der Waals surface area contributed by atoms with Crippen molar-refractivity contribution in [3.8, 4) is 11.5 Å². The smallest absolute Gasteiger partial charge is 0.132 e. The van der Waals surface area contributed by atoms with Crippen molar-refractivity contribution in [2.45, 2.75) is 30.7 Å². The Labute approximate surface area is 125 Å². The van der Waals surface area contributed by atoms with Crippen LogP contribution >= 0.6 is 11.8 Å². The van der Waals surface area contributed by atoms with E-state index >= 15 is 0 Å². The third-order valence-corrected chi connectivity index (χ3v) is 4.70. The number of hydrogen-bond acceptors (Lipinski definition) is 4. The van der Waals surface area contributed by atoms with Gasteiger partial charge in [0.25, 0.3) is 0 Å². The van der Waals surface area contributed by atoms with Crippen LogP contribution in [0, 0.1) is 0 Å². The van der Waals surface area contributed by atoms with Crippen molar-refractivity contribution in [2.24, 2.45) is 0 Å². The summed E-state index contributed by atoms with van der Waals surface area (Å²) in [4.78, 5) is 1.11. The lowest BCUT2D eigenvalue weighted by atomic mass is 9.97. The average molecular weight is 293 g/mol. The Kier molecular flexibility index (Phi) is 5.38. The van der Waals surface area contributed by atoms with E-state index in [2.05, 4.69) is 24.0 Å². The molecule has 3 nitrogen and oxygen atoms in total. The van der Waals surface area contributed by atoms with E-state index in [1.54, 1.807) is 26.0 Å². The van der Waals surface area contributed by atoms with Gasteiger partial charge in [-0.15, -0.1) is 11.8 Å². The molecule has 110 valence electrons. The van der Waals surface area contributed by atoms with Crippen molar-refractivity contribution in [3.63, 3.8) is 0 Å². The highest BCUT2D eigenvalue weighted by Crippen LogP contribution is 2.37. The number of thioether (sulfide) groups is 1. The van der Waals surface area contributed by atoms with E-state index in [1.807, 2.05) is 6.92 Å². The molecule has 0 radical (unpaired) electrons. The number of nitrogens with one attached hydrogen (secondary N) is 1. The maximum absolute atomic E-state index is 5.54. The van der Waals surface area contributed by atoms with Crippen LogP contribution in [-0.2, 0) is 6.42 Å². The minimum atomic E-state index is 0.572. The van der Waals surface area contributed by atoms with Gasteiger partial charge in [0.05, 0.1) is 19.1 Å². The van der Waals surface area contributed by atoms with E-state index in [4.69, 9.17) is 9.47 Å². The second-order valence-electron chi connectivity index (χ2n) is 5.20. The summed E-state index contributed by atoms with van der Waals surface area (Å²) < 4.78 is 11.1. The molecule has 1 aromatic rings. The fourth-order valence-corrected chi connectivity index (χ4v) is 3.07. The summed E-state index contributed by atoms with van der Waals surface area (Å²) in [6.45, 7) is 7.10. The van der Waals surface area contributed by atoms with E-state index in [1.165, 1.54) is 12.0 Å². The maximum Gasteiger partial charge on any atom is 0.132 e. The van der Waals surface area contributed by atoms with Crippen molar-refractivity contribution < 1.29 is 9.47 Å². The zero-order chi connectivity index (χ0) is 14.5. The van der Waals surface area contributed by atoms with Crippen molar-refractivity contribution in [1.29, 1.82) is 0 Å². The maximum atomic E-state index is 5.54. The molecule has 1 atom stereocenters. The quantitative estimate of drug-likeness (QED) is 0.617. The lowest BCUT2D eigenvalue weighted by Crippen LogP contribution is -2.44. The number of rotatable bonds is 7. The van der Waals surface area contributed by atoms with Gasteiger partial charge >= 0.3 is 0 Å². The zero-order valence-corrected chi connectivity index (χ0v) is 13.3. The fourth-order valence-electron chi connectivity index (χ4n) is 2.19. The van der Waals surface area contributed by atoms with E-state index in [9.17, 15) is 0 Å². The molecule has 1 aliphatic heterocycles. The SMILES string of the molecule is C=C(C)CSc1cc(OC)c(CC2CCN2)cc1OC. The van der Waals surface area contributed by atoms with Gasteiger partial charge in [-0.2, -0.15) is 0 Å². The van der Waals surface area contributed by atoms with Gasteiger partial charge in [-0.25, -0.2) is 0 Å². The first-order valence-electron chi connectivity index (χ1n) is 6.89. The van der Waals surface area contributed by atoms with Crippen LogP contribution in [0.4, 0.5) is 0 Å². The van der Waals surface area contributed by atoms with Gasteiger partial charge < -0.3 is 14.8 Å². The Morgan fingerprint density at radius 1 is 1.35 bits per heavy atom. The van der Waals surface area contributed by atoms with Crippen LogP contribution in [0.1, 0.15) is 18.9 Å². The Hall–Kier alpha value is -1.13. The molecular formula is C16H23NO2S. The molecule has 0 saturated carbocycles. The molecule has 0 bridgehead atoms. The summed E-state index contributed by atoms with van der Waals surface area (Å²) in [6, 6.07) is 4.77. The van der Waals surface area contributed by atoms with Gasteiger partial charge in [0.2, 0.25) is 0 Å². The largest absolute Gasteiger partial charge is 0.496 e. The first kappa shape index (κ1) is 15.3. The number of ether oxygens (including phenoxy) is 2. The first-order chi connectivity index (χ1) is 9.63. The molecule has 1 aliphatic rings. The minimum absolute atomic E-state index is 0.572. The lowest BCUT2D eigenvalue weighted by molar-refractivity contribution is 0.354. The first-order valence-corrected chi connectivity index (χ1v) is 7.88. The molecule has 0 spiro atoms. The van der Waals surface area contributed by atoms with Crippen LogP contribution in [0.25, 0.3) is 0 Å². The van der Waals surface area contributed by atoms with Gasteiger partial charge in [0, 0.05) is 11.8 Å². The summed E-state index contributed by atoms with van der Waals surface area (Å²) in [7, 11) is 3.45. The average Bonchev–Trinajstić information content (AvgIpc) is 2.40. The third kappa shape index (κ3) is 3.70. The third-order valence-electron chi connectivity index (χ3n) is 3.43. The van der Waals surface area contributed by atoms with Crippen molar-refractivity contribution in [3.05, 3.63) is 29.8 Å². The highest BCUT2D eigenvalue weighted by molar-refractivity contribution is 7.99. The van der Waals surface area contributed by atoms with Gasteiger partial charge in [0.15, 0.2) is 0 Å². The second-order valence-corrected chi connectivity index (χ2v) is 6.22. The standard InChI is InChI=1S/C16H23NO2S/c1-11(2)10-20-16-9-14(18-3)12(8-15(16)19-4)7-13-5-6-17-13/h8-9,13,17H,1,5-7,10H2,2-4H3. The van der Waals surface area contributed by atoms with Crippen molar-refractivity contribution >= 4 is 11.8 Å². The fraction of sp³-hybridized carbons (Fsp3) is 0.500. The molecule has 20 heavy (non-hydrogen) atoms. The highest BCUT2D eigenvalue weighted by atomic mass is 32.2. The number of hydrogen-bond donors (Lipinski definition) is 1. The molecule has 1 unspecified atom stereocenters. The van der Waals surface area contributed by atoms with Gasteiger partial charge in [-0.1, -0.05) is 12.2 Å². The Morgan fingerprint density at radius 3 is 2.55 bits per heavy atom. The van der Waals surface area contributed by atoms with Gasteiger partial charge in [0.1, 0.15) is 11.5 Å². The van der Waals surface area contributed by atoms with E-state index in [0.29, 0.717) is 6.04 Å². The Bertz CT molecular complexity index is 484. The molecule has 1 aromatic carbocycles. The lowest BCUT2D eigenvalue weighted by Gasteiger charge is -2.28. The molecule has 1 heterocycles. The van der Waals surface area contributed by atoms with Crippen LogP contribution in [0.5, 0.6) is 11.5 Å². The second kappa shape index (κ2) is 7.04. The van der Waals surface area contributed by atoms with Crippen LogP contribution in [0.15, 0.2) is 29.2 Å². The molecule has 4 heteroatoms. The topological polar surface area (TPSA) is 30.5 Å². The summed E-state index contributed by atoms with van der Waals surface area (Å²) in [5, 5.41) is 3.42. The van der Waals surface area contributed by atoms with Gasteiger partial charge in [-0.05, 0) is 44.0 Å². The molecule has 0 amide bonds. The van der Waals surface area contributed by atoms with E-state index in [-0.39, 0.29) is 0 Å². The van der Waals surface area contributed by atoms with Crippen LogP contribution < -0.4 is 14.8 Å². The Balaban J connectivity index is 2.21. The van der Waals surface area contributed by atoms with Crippen LogP contribution in [-0.4, -0.2) is 32.6 Å². The normalized spacial score (nSPS) is 17.4. The van der Waals surface area contributed by atoms with Crippen LogP contribution in [0.3, 0.4) is 0 Å². The van der Waals surface area contributed by atoms with Crippen LogP contribution in [0.2, 0.25) is 0 Å². The van der Waals surface area contributed by atoms with Gasteiger partial charge in [-0.3, -0.25) is 0 Å². The predicted molar refractivity (Wildman–Crippen MR) is 85.2 cm³/mol. The van der Waals surface area contributed by atoms with E-state index < -0.39 is 0 Å². The highest BCUT2D eigenvalue weighted by Gasteiger charge is 2.20. The molecule has 1 saturated heterocycles. The number of benzene rings is 1. The molecule has 1 N–H and O–H groups in total. The molecular weight excluding hydrogens is 270 g/mol. The molecule has 2 rings (SSSR count). The molecule has 0 aromatic heterocycles. The van der Waals surface area contributed by atoms with Crippen molar-refractivity contribution in [2.75, 3.05) is 26.5 Å². The van der Waals surface area contributed by atoms with E-state index in [0.717, 1.165) is 40.7 Å². The minimum Gasteiger partial charge on any atom is -0.496 e. The summed E-state index contributed by atoms with van der Waals surface area (Å²) in [6.07, 6.45) is 2.22. The predicted octanol–water partition coefficient (Wildman–Crippen LogP) is 3.28. The zero-order valence-electron chi connectivity index (χ0n) is 12.5. The summed E-state index contributed by atoms with van der Waals surface area (Å²) in [5.41, 5.74) is 2.36. The summed E-state index contributed by atoms with van der Waals surface area (Å²) in [5.74, 6) is 2.76. The molecule has 1 fully saturated rings. The summed E-state index contributed by atoms with van der Waals surface area (Å²) >= 11 is 1.74.